The van der Waals surface area contributed by atoms with Gasteiger partial charge in [0, 0.05) is 11.1 Å². The van der Waals surface area contributed by atoms with Gasteiger partial charge in [-0.05, 0) is 0 Å². The summed E-state index contributed by atoms with van der Waals surface area (Å²) in [5.74, 6) is 0. The predicted octanol–water partition coefficient (Wildman–Crippen LogP) is 3.33. The molecule has 2 fully saturated rings. The Bertz CT molecular complexity index is 764. The summed E-state index contributed by atoms with van der Waals surface area (Å²) >= 11 is 5.74. The summed E-state index contributed by atoms with van der Waals surface area (Å²) in [4.78, 5) is -2.72. The van der Waals surface area contributed by atoms with Crippen LogP contribution in [0.2, 0.25) is 0 Å². The third-order valence-corrected chi connectivity index (χ3v) is 6.26. The minimum absolute atomic E-state index is 0.728. The summed E-state index contributed by atoms with van der Waals surface area (Å²) in [7, 11) is 0. The fraction of sp³-hybridized carbons (Fsp3) is 0.500. The van der Waals surface area contributed by atoms with Crippen molar-refractivity contribution < 1.29 is 22.3 Å². The summed E-state index contributed by atoms with van der Waals surface area (Å²) in [6.07, 6.45) is -12.0. The second kappa shape index (κ2) is 8.40. The summed E-state index contributed by atoms with van der Waals surface area (Å²) in [6.45, 7) is 0. The van der Waals surface area contributed by atoms with E-state index in [1.54, 1.807) is 0 Å². The van der Waals surface area contributed by atoms with Crippen LogP contribution in [0, 0.1) is 45.3 Å². The molecule has 0 amide bonds. The minimum Gasteiger partial charge on any atom is -0.366 e. The molecule has 2 aliphatic carbocycles. The lowest BCUT2D eigenvalue weighted by Gasteiger charge is -2.25. The fourth-order valence-corrected chi connectivity index (χ4v) is 4.34. The van der Waals surface area contributed by atoms with E-state index in [2.05, 4.69) is 31.9 Å². The zero-order chi connectivity index (χ0) is 20.5. The molecule has 5 nitrogen and oxygen atoms in total. The Morgan fingerprint density at radius 1 is 0.667 bits per heavy atom. The van der Waals surface area contributed by atoms with E-state index in [0.717, 1.165) is 0 Å². The lowest BCUT2D eigenvalue weighted by atomic mass is 10.1. The van der Waals surface area contributed by atoms with Crippen LogP contribution in [0.3, 0.4) is 0 Å². The number of nitrogens with zero attached hydrogens (tertiary/aromatic N) is 4. The molecule has 0 heterocycles. The van der Waals surface area contributed by atoms with Crippen molar-refractivity contribution in [2.75, 3.05) is 0 Å². The number of alkyl halides is 6. The number of hydrogen-bond acceptors (Lipinski definition) is 5. The first-order valence-electron chi connectivity index (χ1n) is 7.33. The Morgan fingerprint density at radius 3 is 1.22 bits per heavy atom. The van der Waals surface area contributed by atoms with Crippen molar-refractivity contribution in [3.05, 3.63) is 22.3 Å². The van der Waals surface area contributed by atoms with E-state index >= 15 is 0 Å². The number of rotatable bonds is 2. The van der Waals surface area contributed by atoms with Crippen LogP contribution in [0.15, 0.2) is 22.3 Å². The summed E-state index contributed by atoms with van der Waals surface area (Å²) in [5.41, 5.74) is -2.98. The van der Waals surface area contributed by atoms with Crippen molar-refractivity contribution >= 4 is 31.9 Å². The van der Waals surface area contributed by atoms with Gasteiger partial charge < -0.3 is 4.74 Å². The van der Waals surface area contributed by atoms with Gasteiger partial charge in [0.25, 0.3) is 0 Å². The molecule has 0 radical (unpaired) electrons. The van der Waals surface area contributed by atoms with Gasteiger partial charge >= 0.3 is 0 Å². The van der Waals surface area contributed by atoms with Crippen LogP contribution in [0.25, 0.3) is 0 Å². The molecule has 2 aliphatic rings. The highest BCUT2D eigenvalue weighted by Gasteiger charge is 2.55. The average molecular weight is 508 g/mol. The Hall–Kier alpha value is -1.92. The smallest absolute Gasteiger partial charge is 0.154 e. The van der Waals surface area contributed by atoms with Gasteiger partial charge in [0.2, 0.25) is 0 Å². The van der Waals surface area contributed by atoms with E-state index < -0.39 is 68.8 Å². The van der Waals surface area contributed by atoms with Gasteiger partial charge in [-0.1, -0.05) is 31.9 Å². The maximum atomic E-state index is 14.7. The molecule has 11 heteroatoms. The van der Waals surface area contributed by atoms with Crippen molar-refractivity contribution in [2.45, 2.75) is 46.5 Å². The third kappa shape index (κ3) is 3.48. The number of hydrogen-bond donors (Lipinski definition) is 0. The molecule has 27 heavy (non-hydrogen) atoms. The largest absolute Gasteiger partial charge is 0.366 e. The molecule has 0 aliphatic heterocycles. The first-order valence-corrected chi connectivity index (χ1v) is 9.16. The topological polar surface area (TPSA) is 104 Å². The molecule has 8 atom stereocenters. The molecule has 0 spiro atoms. The van der Waals surface area contributed by atoms with Crippen LogP contribution in [0.4, 0.5) is 17.6 Å². The van der Waals surface area contributed by atoms with Crippen LogP contribution >= 0.6 is 31.9 Å². The van der Waals surface area contributed by atoms with Crippen LogP contribution < -0.4 is 0 Å². The van der Waals surface area contributed by atoms with Crippen molar-refractivity contribution in [1.82, 2.24) is 0 Å². The Balaban J connectivity index is 2.38. The first kappa shape index (κ1) is 21.4. The van der Waals surface area contributed by atoms with Crippen LogP contribution in [-0.2, 0) is 4.74 Å². The highest BCUT2D eigenvalue weighted by molar-refractivity contribution is 9.09. The van der Waals surface area contributed by atoms with Gasteiger partial charge in [-0.15, -0.1) is 0 Å². The number of ether oxygens (including phenoxy) is 1. The zero-order valence-corrected chi connectivity index (χ0v) is 16.3. The Morgan fingerprint density at radius 2 is 0.963 bits per heavy atom. The highest BCUT2D eigenvalue weighted by atomic mass is 79.9. The van der Waals surface area contributed by atoms with E-state index in [1.165, 1.54) is 24.3 Å². The highest BCUT2D eigenvalue weighted by Crippen LogP contribution is 2.45. The molecule has 8 unspecified atom stereocenters. The quantitative estimate of drug-likeness (QED) is 0.324. The molecule has 2 rings (SSSR count). The minimum atomic E-state index is -2.25. The fourth-order valence-electron chi connectivity index (χ4n) is 2.99. The Labute approximate surface area is 168 Å². The van der Waals surface area contributed by atoms with E-state index in [-0.39, 0.29) is 0 Å². The van der Waals surface area contributed by atoms with Crippen molar-refractivity contribution in [2.24, 2.45) is 0 Å². The predicted molar refractivity (Wildman–Crippen MR) is 90.2 cm³/mol. The van der Waals surface area contributed by atoms with Crippen LogP contribution in [0.1, 0.15) is 0 Å². The second-order valence-electron chi connectivity index (χ2n) is 5.67. The molecule has 2 saturated carbocycles. The standard InChI is InChI=1S/C16H8Br2F4N4O/c17-9-11(19)7(5(1-23)2-24)13(21)15(9)27-16-10(18)12(20)8(14(16)22)6(3-25)4-26/h9-16H. The molecule has 0 aromatic heterocycles. The zero-order valence-electron chi connectivity index (χ0n) is 13.1. The molecule has 140 valence electrons. The average Bonchev–Trinajstić information content (AvgIpc) is 2.99. The molecular weight excluding hydrogens is 500 g/mol. The monoisotopic (exact) mass is 506 g/mol. The van der Waals surface area contributed by atoms with Gasteiger partial charge in [-0.3, -0.25) is 0 Å². The maximum Gasteiger partial charge on any atom is 0.154 e. The first-order chi connectivity index (χ1) is 12.7. The SMILES string of the molecule is N#CC(C#N)=C1C(F)C(Br)C(OC2C(F)C(=C(C#N)C#N)C(F)C2Br)C1F. The third-order valence-electron chi connectivity index (χ3n) is 4.29. The maximum absolute atomic E-state index is 14.7. The van der Waals surface area contributed by atoms with E-state index in [4.69, 9.17) is 25.8 Å². The molecule has 0 aromatic carbocycles. The van der Waals surface area contributed by atoms with E-state index in [1.807, 2.05) is 0 Å². The normalized spacial score (nSPS) is 37.9. The molecule has 0 aromatic rings. The summed E-state index contributed by atoms with van der Waals surface area (Å²) < 4.78 is 63.3. The Kier molecular flexibility index (Phi) is 6.65. The molecule has 0 N–H and O–H groups in total. The van der Waals surface area contributed by atoms with Gasteiger partial charge in [0.05, 0.1) is 9.65 Å². The second-order valence-corrected chi connectivity index (χ2v) is 7.78. The van der Waals surface area contributed by atoms with Crippen LogP contribution in [-0.4, -0.2) is 46.5 Å². The van der Waals surface area contributed by atoms with Crippen molar-refractivity contribution in [3.8, 4) is 24.3 Å². The lowest BCUT2D eigenvalue weighted by molar-refractivity contribution is -0.0500. The summed E-state index contributed by atoms with van der Waals surface area (Å²) in [6, 6.07) is 5.56. The summed E-state index contributed by atoms with van der Waals surface area (Å²) in [5, 5.41) is 35.4. The van der Waals surface area contributed by atoms with E-state index in [0.29, 0.717) is 0 Å². The van der Waals surface area contributed by atoms with Crippen molar-refractivity contribution in [1.29, 1.82) is 21.0 Å². The number of nitriles is 4. The number of allylic oxidation sites excluding steroid dienone is 2. The number of halogens is 6. The van der Waals surface area contributed by atoms with Crippen LogP contribution in [0.5, 0.6) is 0 Å². The molecule has 0 saturated heterocycles. The van der Waals surface area contributed by atoms with Gasteiger partial charge in [0.15, 0.2) is 12.3 Å². The van der Waals surface area contributed by atoms with Crippen molar-refractivity contribution in [3.63, 3.8) is 0 Å². The van der Waals surface area contributed by atoms with Gasteiger partial charge in [-0.2, -0.15) is 21.0 Å². The molecule has 0 bridgehead atoms. The lowest BCUT2D eigenvalue weighted by Crippen LogP contribution is -2.39. The molecular formula is C16H8Br2F4N4O. The van der Waals surface area contributed by atoms with Gasteiger partial charge in [-0.25, -0.2) is 17.6 Å². The van der Waals surface area contributed by atoms with E-state index in [9.17, 15) is 17.6 Å². The van der Waals surface area contributed by atoms with Gasteiger partial charge in [0.1, 0.15) is 60.0 Å².